The van der Waals surface area contributed by atoms with Crippen molar-refractivity contribution in [2.45, 2.75) is 0 Å². The molecule has 6 nitrogen and oxygen atoms in total. The molecule has 18 heavy (non-hydrogen) atoms. The highest BCUT2D eigenvalue weighted by Crippen LogP contribution is 2.39. The molecule has 0 bridgehead atoms. The molecule has 0 atom stereocenters. The smallest absolute Gasteiger partial charge is 0.181 e. The Labute approximate surface area is 102 Å². The Hall–Kier alpha value is -2.76. The zero-order valence-corrected chi connectivity index (χ0v) is 9.12. The molecule has 0 amide bonds. The SMILES string of the molecule is Oc1cc(O)cc(Nc2cc(O)cc(O)c2O)c1. The number of aromatic hydroxyl groups is 5. The van der Waals surface area contributed by atoms with Crippen LogP contribution in [0.2, 0.25) is 0 Å². The van der Waals surface area contributed by atoms with Crippen LogP contribution in [0.3, 0.4) is 0 Å². The van der Waals surface area contributed by atoms with Gasteiger partial charge in [-0.3, -0.25) is 0 Å². The zero-order valence-electron chi connectivity index (χ0n) is 9.12. The van der Waals surface area contributed by atoms with E-state index in [1.54, 1.807) is 0 Å². The number of anilines is 2. The van der Waals surface area contributed by atoms with Crippen molar-refractivity contribution < 1.29 is 25.5 Å². The maximum absolute atomic E-state index is 9.57. The fourth-order valence-electron chi connectivity index (χ4n) is 1.52. The molecule has 0 unspecified atom stereocenters. The lowest BCUT2D eigenvalue weighted by atomic mass is 10.2. The molecule has 0 aliphatic carbocycles. The fourth-order valence-corrected chi connectivity index (χ4v) is 1.52. The highest BCUT2D eigenvalue weighted by atomic mass is 16.3. The Morgan fingerprint density at radius 3 is 1.83 bits per heavy atom. The lowest BCUT2D eigenvalue weighted by molar-refractivity contribution is 0.398. The number of phenols is 5. The van der Waals surface area contributed by atoms with E-state index in [0.717, 1.165) is 12.1 Å². The van der Waals surface area contributed by atoms with Crippen molar-refractivity contribution in [1.82, 2.24) is 0 Å². The lowest BCUT2D eigenvalue weighted by Gasteiger charge is -2.10. The van der Waals surface area contributed by atoms with Crippen molar-refractivity contribution in [3.05, 3.63) is 30.3 Å². The molecule has 0 aliphatic rings. The monoisotopic (exact) mass is 249 g/mol. The highest BCUT2D eigenvalue weighted by molar-refractivity contribution is 5.72. The predicted molar refractivity (Wildman–Crippen MR) is 64.5 cm³/mol. The van der Waals surface area contributed by atoms with Gasteiger partial charge in [0, 0.05) is 36.0 Å². The molecule has 0 aromatic heterocycles. The van der Waals surface area contributed by atoms with E-state index in [0.29, 0.717) is 0 Å². The Kier molecular flexibility index (Phi) is 2.77. The molecule has 0 saturated heterocycles. The topological polar surface area (TPSA) is 113 Å². The normalized spacial score (nSPS) is 10.2. The van der Waals surface area contributed by atoms with E-state index in [-0.39, 0.29) is 28.6 Å². The average molecular weight is 249 g/mol. The first kappa shape index (κ1) is 11.7. The molecule has 0 fully saturated rings. The van der Waals surface area contributed by atoms with E-state index in [4.69, 9.17) is 0 Å². The van der Waals surface area contributed by atoms with Crippen LogP contribution in [0.25, 0.3) is 0 Å². The van der Waals surface area contributed by atoms with E-state index in [1.807, 2.05) is 0 Å². The molecular formula is C12H11NO5. The van der Waals surface area contributed by atoms with Crippen molar-refractivity contribution >= 4 is 11.4 Å². The first-order valence-corrected chi connectivity index (χ1v) is 5.00. The van der Waals surface area contributed by atoms with Crippen LogP contribution in [-0.4, -0.2) is 25.5 Å². The minimum absolute atomic E-state index is 0.0394. The third-order valence-electron chi connectivity index (χ3n) is 2.26. The third kappa shape index (κ3) is 2.32. The minimum Gasteiger partial charge on any atom is -0.508 e. The fraction of sp³-hybridized carbons (Fsp3) is 0. The first-order valence-electron chi connectivity index (χ1n) is 5.00. The number of hydrogen-bond donors (Lipinski definition) is 6. The lowest BCUT2D eigenvalue weighted by Crippen LogP contribution is -1.91. The van der Waals surface area contributed by atoms with Crippen LogP contribution in [0.1, 0.15) is 0 Å². The highest BCUT2D eigenvalue weighted by Gasteiger charge is 2.10. The van der Waals surface area contributed by atoms with Gasteiger partial charge in [0.25, 0.3) is 0 Å². The van der Waals surface area contributed by atoms with E-state index in [9.17, 15) is 25.5 Å². The minimum atomic E-state index is -0.484. The summed E-state index contributed by atoms with van der Waals surface area (Å²) in [6, 6.07) is 5.93. The van der Waals surface area contributed by atoms with Crippen LogP contribution in [-0.2, 0) is 0 Å². The predicted octanol–water partition coefficient (Wildman–Crippen LogP) is 1.96. The summed E-state index contributed by atoms with van der Waals surface area (Å²) in [5.41, 5.74) is 0.324. The number of benzene rings is 2. The standard InChI is InChI=1S/C12H11NO5/c14-7-1-6(2-8(15)3-7)13-10-4-9(16)5-11(17)12(10)18/h1-5,13-18H. The van der Waals surface area contributed by atoms with Crippen molar-refractivity contribution in [1.29, 1.82) is 0 Å². The third-order valence-corrected chi connectivity index (χ3v) is 2.26. The summed E-state index contributed by atoms with van der Waals surface area (Å²) in [5, 5.41) is 49.4. The van der Waals surface area contributed by atoms with Crippen molar-refractivity contribution in [2.24, 2.45) is 0 Å². The van der Waals surface area contributed by atoms with Gasteiger partial charge in [-0.1, -0.05) is 0 Å². The Morgan fingerprint density at radius 2 is 1.22 bits per heavy atom. The Balaban J connectivity index is 2.39. The van der Waals surface area contributed by atoms with Crippen LogP contribution >= 0.6 is 0 Å². The van der Waals surface area contributed by atoms with Crippen LogP contribution < -0.4 is 5.32 Å². The Morgan fingerprint density at radius 1 is 0.667 bits per heavy atom. The average Bonchev–Trinajstić information content (AvgIpc) is 2.23. The molecule has 6 N–H and O–H groups in total. The molecule has 0 aliphatic heterocycles. The second kappa shape index (κ2) is 4.25. The van der Waals surface area contributed by atoms with Crippen LogP contribution in [0.4, 0.5) is 11.4 Å². The maximum Gasteiger partial charge on any atom is 0.181 e. The molecule has 0 heterocycles. The van der Waals surface area contributed by atoms with Crippen molar-refractivity contribution in [2.75, 3.05) is 5.32 Å². The van der Waals surface area contributed by atoms with E-state index < -0.39 is 11.5 Å². The van der Waals surface area contributed by atoms with Crippen LogP contribution in [0.15, 0.2) is 30.3 Å². The maximum atomic E-state index is 9.57. The van der Waals surface area contributed by atoms with E-state index in [1.165, 1.54) is 18.2 Å². The summed E-state index contributed by atoms with van der Waals surface area (Å²) >= 11 is 0. The quantitative estimate of drug-likeness (QED) is 0.358. The van der Waals surface area contributed by atoms with Gasteiger partial charge in [-0.05, 0) is 0 Å². The molecule has 0 spiro atoms. The summed E-state index contributed by atoms with van der Waals surface area (Å²) in [6.45, 7) is 0. The summed E-state index contributed by atoms with van der Waals surface area (Å²) in [4.78, 5) is 0. The number of hydrogen-bond acceptors (Lipinski definition) is 6. The van der Waals surface area contributed by atoms with Gasteiger partial charge in [-0.25, -0.2) is 0 Å². The van der Waals surface area contributed by atoms with Gasteiger partial charge < -0.3 is 30.8 Å². The second-order valence-corrected chi connectivity index (χ2v) is 3.72. The summed E-state index contributed by atoms with van der Waals surface area (Å²) in [5.74, 6) is -1.50. The number of rotatable bonds is 2. The van der Waals surface area contributed by atoms with E-state index in [2.05, 4.69) is 5.32 Å². The molecule has 2 rings (SSSR count). The first-order chi connectivity index (χ1) is 8.45. The van der Waals surface area contributed by atoms with Gasteiger partial charge in [0.2, 0.25) is 0 Å². The largest absolute Gasteiger partial charge is 0.508 e. The summed E-state index contributed by atoms with van der Waals surface area (Å²) in [6.07, 6.45) is 0. The van der Waals surface area contributed by atoms with Gasteiger partial charge >= 0.3 is 0 Å². The number of phenolic OH excluding ortho intramolecular Hbond substituents is 5. The van der Waals surface area contributed by atoms with Gasteiger partial charge in [-0.15, -0.1) is 0 Å². The summed E-state index contributed by atoms with van der Waals surface area (Å²) < 4.78 is 0. The van der Waals surface area contributed by atoms with Gasteiger partial charge in [0.15, 0.2) is 11.5 Å². The van der Waals surface area contributed by atoms with Gasteiger partial charge in [0.05, 0.1) is 5.69 Å². The van der Waals surface area contributed by atoms with Crippen LogP contribution in [0.5, 0.6) is 28.7 Å². The molecule has 0 radical (unpaired) electrons. The summed E-state index contributed by atoms with van der Waals surface area (Å²) in [7, 11) is 0. The van der Waals surface area contributed by atoms with Gasteiger partial charge in [0.1, 0.15) is 17.2 Å². The molecule has 94 valence electrons. The van der Waals surface area contributed by atoms with Crippen LogP contribution in [0, 0.1) is 0 Å². The number of nitrogens with one attached hydrogen (secondary N) is 1. The van der Waals surface area contributed by atoms with Gasteiger partial charge in [-0.2, -0.15) is 0 Å². The van der Waals surface area contributed by atoms with E-state index >= 15 is 0 Å². The van der Waals surface area contributed by atoms with Crippen molar-refractivity contribution in [3.63, 3.8) is 0 Å². The molecule has 2 aromatic carbocycles. The second-order valence-electron chi connectivity index (χ2n) is 3.72. The molecule has 2 aromatic rings. The Bertz CT molecular complexity index is 577. The zero-order chi connectivity index (χ0) is 13.3. The molecule has 6 heteroatoms. The molecule has 0 saturated carbocycles. The van der Waals surface area contributed by atoms with Crippen molar-refractivity contribution in [3.8, 4) is 28.7 Å². The molecular weight excluding hydrogens is 238 g/mol.